The summed E-state index contributed by atoms with van der Waals surface area (Å²) in [5, 5.41) is -1.28. The zero-order valence-corrected chi connectivity index (χ0v) is 17.7. The molecule has 0 aliphatic heterocycles. The van der Waals surface area contributed by atoms with Crippen LogP contribution in [0.5, 0.6) is 0 Å². The number of nitrogens with zero attached hydrogens (tertiary/aromatic N) is 2. The van der Waals surface area contributed by atoms with Gasteiger partial charge in [0, 0.05) is 12.4 Å². The highest BCUT2D eigenvalue weighted by molar-refractivity contribution is 6.39. The number of halogens is 5. The molecule has 1 aromatic heterocycles. The molecular formula is C20H15Cl5N2. The molecule has 0 spiro atoms. The van der Waals surface area contributed by atoms with Crippen molar-refractivity contribution in [1.29, 1.82) is 0 Å². The van der Waals surface area contributed by atoms with Crippen molar-refractivity contribution >= 4 is 58.0 Å². The average molecular weight is 461 g/mol. The Morgan fingerprint density at radius 1 is 0.815 bits per heavy atom. The number of fused-ring (bicyclic) bond motifs is 1. The third-order valence-electron chi connectivity index (χ3n) is 4.90. The summed E-state index contributed by atoms with van der Waals surface area (Å²) in [5.74, 6) is 0. The standard InChI is InChI=1S/C20H15Cl5N2/c21-15-13-7-6-12(10-14(13)16(22)18(24)17(15)23)19(11-4-2-1-3-5-11)27-9-8-26-20(27)25/h1-10,15-19H. The van der Waals surface area contributed by atoms with E-state index in [1.807, 2.05) is 41.1 Å². The molecule has 4 rings (SSSR count). The summed E-state index contributed by atoms with van der Waals surface area (Å²) in [6.07, 6.45) is 3.55. The predicted octanol–water partition coefficient (Wildman–Crippen LogP) is 6.96. The number of benzene rings is 2. The third kappa shape index (κ3) is 3.47. The van der Waals surface area contributed by atoms with E-state index in [2.05, 4.69) is 23.2 Å². The molecular weight excluding hydrogens is 445 g/mol. The normalized spacial score (nSPS) is 25.8. The van der Waals surface area contributed by atoms with Gasteiger partial charge < -0.3 is 4.57 Å². The largest absolute Gasteiger partial charge is 0.310 e. The van der Waals surface area contributed by atoms with Crippen LogP contribution in [0, 0.1) is 0 Å². The van der Waals surface area contributed by atoms with Crippen molar-refractivity contribution < 1.29 is 0 Å². The fourth-order valence-electron chi connectivity index (χ4n) is 3.56. The second-order valence-electron chi connectivity index (χ2n) is 6.50. The minimum Gasteiger partial charge on any atom is -0.310 e. The summed E-state index contributed by atoms with van der Waals surface area (Å²) in [4.78, 5) is 4.17. The van der Waals surface area contributed by atoms with Crippen LogP contribution in [0.15, 0.2) is 60.9 Å². The van der Waals surface area contributed by atoms with E-state index in [-0.39, 0.29) is 11.4 Å². The molecule has 0 saturated carbocycles. The van der Waals surface area contributed by atoms with Crippen molar-refractivity contribution in [2.24, 2.45) is 0 Å². The van der Waals surface area contributed by atoms with Gasteiger partial charge in [0.1, 0.15) is 0 Å². The van der Waals surface area contributed by atoms with Crippen LogP contribution in [0.3, 0.4) is 0 Å². The first kappa shape index (κ1) is 19.4. The summed E-state index contributed by atoms with van der Waals surface area (Å²) in [6, 6.07) is 16.0. The minimum atomic E-state index is -0.453. The van der Waals surface area contributed by atoms with Gasteiger partial charge in [-0.2, -0.15) is 0 Å². The Hall–Kier alpha value is -0.900. The number of alkyl halides is 4. The Labute approximate surface area is 183 Å². The number of imidazole rings is 1. The van der Waals surface area contributed by atoms with E-state index < -0.39 is 16.1 Å². The zero-order valence-electron chi connectivity index (χ0n) is 13.9. The molecule has 1 heterocycles. The van der Waals surface area contributed by atoms with Crippen LogP contribution in [0.4, 0.5) is 0 Å². The molecule has 5 atom stereocenters. The van der Waals surface area contributed by atoms with Crippen LogP contribution in [-0.2, 0) is 0 Å². The summed E-state index contributed by atoms with van der Waals surface area (Å²) in [5.41, 5.74) is 3.93. The van der Waals surface area contributed by atoms with Crippen molar-refractivity contribution in [3.63, 3.8) is 0 Å². The molecule has 0 amide bonds. The Morgan fingerprint density at radius 3 is 2.11 bits per heavy atom. The Bertz CT molecular complexity index is 943. The molecule has 0 bridgehead atoms. The summed E-state index contributed by atoms with van der Waals surface area (Å²) < 4.78 is 1.92. The van der Waals surface area contributed by atoms with Gasteiger partial charge >= 0.3 is 0 Å². The minimum absolute atomic E-state index is 0.147. The Morgan fingerprint density at radius 2 is 1.48 bits per heavy atom. The van der Waals surface area contributed by atoms with Crippen LogP contribution in [0.1, 0.15) is 39.0 Å². The molecule has 0 N–H and O–H groups in total. The van der Waals surface area contributed by atoms with E-state index in [0.29, 0.717) is 5.28 Å². The fraction of sp³-hybridized carbons (Fsp3) is 0.250. The van der Waals surface area contributed by atoms with Crippen LogP contribution < -0.4 is 0 Å². The van der Waals surface area contributed by atoms with Gasteiger partial charge in [-0.3, -0.25) is 0 Å². The number of hydrogen-bond acceptors (Lipinski definition) is 1. The topological polar surface area (TPSA) is 17.8 Å². The van der Waals surface area contributed by atoms with Gasteiger partial charge in [-0.05, 0) is 33.9 Å². The van der Waals surface area contributed by atoms with E-state index in [9.17, 15) is 0 Å². The average Bonchev–Trinajstić information content (AvgIpc) is 3.11. The van der Waals surface area contributed by atoms with E-state index >= 15 is 0 Å². The van der Waals surface area contributed by atoms with E-state index in [1.165, 1.54) is 0 Å². The highest BCUT2D eigenvalue weighted by Crippen LogP contribution is 2.48. The van der Waals surface area contributed by atoms with E-state index in [0.717, 1.165) is 22.3 Å². The van der Waals surface area contributed by atoms with Gasteiger partial charge in [0.15, 0.2) is 0 Å². The number of aromatic nitrogens is 2. The molecule has 27 heavy (non-hydrogen) atoms. The lowest BCUT2D eigenvalue weighted by Crippen LogP contribution is -2.30. The molecule has 3 aromatic rings. The molecule has 2 nitrogen and oxygen atoms in total. The Kier molecular flexibility index (Phi) is 5.64. The molecule has 7 heteroatoms. The number of rotatable bonds is 3. The molecule has 1 aliphatic carbocycles. The lowest BCUT2D eigenvalue weighted by molar-refractivity contribution is 0.652. The van der Waals surface area contributed by atoms with Crippen LogP contribution >= 0.6 is 58.0 Å². The second-order valence-corrected chi connectivity index (χ2v) is 8.78. The fourth-order valence-corrected chi connectivity index (χ4v) is 5.18. The van der Waals surface area contributed by atoms with Gasteiger partial charge in [-0.1, -0.05) is 48.5 Å². The maximum absolute atomic E-state index is 6.62. The summed E-state index contributed by atoms with van der Waals surface area (Å²) in [7, 11) is 0. The van der Waals surface area contributed by atoms with Gasteiger partial charge in [0.25, 0.3) is 0 Å². The quantitative estimate of drug-likeness (QED) is 0.386. The zero-order chi connectivity index (χ0) is 19.1. The van der Waals surface area contributed by atoms with Crippen LogP contribution in [-0.4, -0.2) is 20.3 Å². The molecule has 2 aromatic carbocycles. The second kappa shape index (κ2) is 7.85. The predicted molar refractivity (Wildman–Crippen MR) is 114 cm³/mol. The lowest BCUT2D eigenvalue weighted by atomic mass is 9.86. The van der Waals surface area contributed by atoms with Gasteiger partial charge in [0.2, 0.25) is 5.28 Å². The molecule has 0 fully saturated rings. The van der Waals surface area contributed by atoms with Crippen LogP contribution in [0.25, 0.3) is 0 Å². The van der Waals surface area contributed by atoms with E-state index in [1.54, 1.807) is 6.20 Å². The SMILES string of the molecule is Clc1nccn1C(c1ccccc1)c1ccc2c(c1)C(Cl)C(Cl)C(Cl)C2Cl. The van der Waals surface area contributed by atoms with Crippen molar-refractivity contribution in [1.82, 2.24) is 9.55 Å². The smallest absolute Gasteiger partial charge is 0.203 e. The van der Waals surface area contributed by atoms with E-state index in [4.69, 9.17) is 58.0 Å². The molecule has 5 unspecified atom stereocenters. The highest BCUT2D eigenvalue weighted by Gasteiger charge is 2.40. The first-order valence-corrected chi connectivity index (χ1v) is 10.5. The monoisotopic (exact) mass is 458 g/mol. The van der Waals surface area contributed by atoms with Crippen molar-refractivity contribution in [3.05, 3.63) is 88.5 Å². The summed E-state index contributed by atoms with van der Waals surface area (Å²) >= 11 is 32.3. The maximum atomic E-state index is 6.62. The maximum Gasteiger partial charge on any atom is 0.203 e. The van der Waals surface area contributed by atoms with Gasteiger partial charge in [-0.15, -0.1) is 46.4 Å². The Balaban J connectivity index is 1.86. The van der Waals surface area contributed by atoms with Crippen molar-refractivity contribution in [3.8, 4) is 0 Å². The summed E-state index contributed by atoms with van der Waals surface area (Å²) in [6.45, 7) is 0. The first-order chi connectivity index (χ1) is 13.0. The van der Waals surface area contributed by atoms with Gasteiger partial charge in [0.05, 0.1) is 27.6 Å². The van der Waals surface area contributed by atoms with Crippen molar-refractivity contribution in [2.45, 2.75) is 27.6 Å². The van der Waals surface area contributed by atoms with Crippen molar-refractivity contribution in [2.75, 3.05) is 0 Å². The third-order valence-corrected chi connectivity index (χ3v) is 7.64. The molecule has 1 aliphatic rings. The van der Waals surface area contributed by atoms with Crippen LogP contribution in [0.2, 0.25) is 5.28 Å². The lowest BCUT2D eigenvalue weighted by Gasteiger charge is -2.34. The first-order valence-electron chi connectivity index (χ1n) is 8.42. The highest BCUT2D eigenvalue weighted by atomic mass is 35.5. The molecule has 0 saturated heterocycles. The number of hydrogen-bond donors (Lipinski definition) is 0. The molecule has 0 radical (unpaired) electrons. The van der Waals surface area contributed by atoms with Gasteiger partial charge in [-0.25, -0.2) is 4.98 Å². The molecule has 140 valence electrons.